The van der Waals surface area contributed by atoms with Gasteiger partial charge in [0, 0.05) is 12.6 Å². The summed E-state index contributed by atoms with van der Waals surface area (Å²) in [7, 11) is 1.59. The van der Waals surface area contributed by atoms with Crippen molar-refractivity contribution in [1.29, 1.82) is 0 Å². The van der Waals surface area contributed by atoms with Gasteiger partial charge in [-0.15, -0.1) is 0 Å². The predicted octanol–water partition coefficient (Wildman–Crippen LogP) is 3.49. The van der Waals surface area contributed by atoms with Gasteiger partial charge in [-0.2, -0.15) is 0 Å². The highest BCUT2D eigenvalue weighted by Crippen LogP contribution is 2.33. The molecule has 5 nitrogen and oxygen atoms in total. The number of rotatable bonds is 4. The molecule has 3 aromatic rings. The molecule has 5 heteroatoms. The number of oxazole rings is 1. The third-order valence-electron chi connectivity index (χ3n) is 3.14. The maximum Gasteiger partial charge on any atom is 0.251 e. The van der Waals surface area contributed by atoms with Gasteiger partial charge in [0.15, 0.2) is 12.2 Å². The molecule has 0 saturated carbocycles. The number of hydrogen-bond acceptors (Lipinski definition) is 4. The molecule has 0 aliphatic heterocycles. The summed E-state index contributed by atoms with van der Waals surface area (Å²) in [5, 5.41) is 2.59. The highest BCUT2D eigenvalue weighted by molar-refractivity contribution is 5.94. The lowest BCUT2D eigenvalue weighted by Gasteiger charge is -2.10. The highest BCUT2D eigenvalue weighted by atomic mass is 16.5. The molecule has 1 N–H and O–H groups in total. The first-order valence-corrected chi connectivity index (χ1v) is 6.76. The van der Waals surface area contributed by atoms with Crippen LogP contribution in [-0.2, 0) is 0 Å². The molecule has 1 amide bonds. The number of amides is 1. The van der Waals surface area contributed by atoms with Gasteiger partial charge in [0.05, 0.1) is 11.8 Å². The van der Waals surface area contributed by atoms with E-state index in [1.165, 1.54) is 6.39 Å². The largest absolute Gasteiger partial charge is 0.457 e. The van der Waals surface area contributed by atoms with E-state index in [-0.39, 0.29) is 5.91 Å². The Kier molecular flexibility index (Phi) is 3.87. The van der Waals surface area contributed by atoms with Crippen molar-refractivity contribution in [2.45, 2.75) is 0 Å². The molecule has 0 saturated heterocycles. The van der Waals surface area contributed by atoms with Gasteiger partial charge < -0.3 is 14.5 Å². The van der Waals surface area contributed by atoms with Crippen LogP contribution in [-0.4, -0.2) is 17.9 Å². The molecule has 0 fully saturated rings. The molecule has 0 unspecified atom stereocenters. The first-order chi connectivity index (χ1) is 10.8. The van der Waals surface area contributed by atoms with Crippen molar-refractivity contribution in [3.05, 3.63) is 66.7 Å². The van der Waals surface area contributed by atoms with Gasteiger partial charge in [-0.3, -0.25) is 4.79 Å². The van der Waals surface area contributed by atoms with E-state index < -0.39 is 0 Å². The van der Waals surface area contributed by atoms with Crippen LogP contribution in [0.4, 0.5) is 0 Å². The minimum absolute atomic E-state index is 0.158. The van der Waals surface area contributed by atoms with Crippen molar-refractivity contribution in [2.24, 2.45) is 0 Å². The van der Waals surface area contributed by atoms with Gasteiger partial charge >= 0.3 is 0 Å². The molecular weight excluding hydrogens is 280 g/mol. The van der Waals surface area contributed by atoms with Crippen molar-refractivity contribution >= 4 is 5.91 Å². The topological polar surface area (TPSA) is 64.4 Å². The number of benzene rings is 2. The van der Waals surface area contributed by atoms with Gasteiger partial charge in [0.2, 0.25) is 0 Å². The van der Waals surface area contributed by atoms with Crippen LogP contribution in [0.3, 0.4) is 0 Å². The molecule has 0 aliphatic carbocycles. The smallest absolute Gasteiger partial charge is 0.251 e. The number of carbonyl (C=O) groups is 1. The third kappa shape index (κ3) is 2.83. The number of para-hydroxylation sites is 1. The first kappa shape index (κ1) is 13.9. The Morgan fingerprint density at radius 3 is 2.82 bits per heavy atom. The number of hydrogen-bond donors (Lipinski definition) is 1. The summed E-state index contributed by atoms with van der Waals surface area (Å²) in [6, 6.07) is 14.5. The Labute approximate surface area is 127 Å². The lowest BCUT2D eigenvalue weighted by atomic mass is 10.1. The molecule has 22 heavy (non-hydrogen) atoms. The van der Waals surface area contributed by atoms with Crippen molar-refractivity contribution in [3.8, 4) is 22.8 Å². The zero-order valence-corrected chi connectivity index (χ0v) is 11.9. The molecule has 1 aromatic heterocycles. The fraction of sp³-hybridized carbons (Fsp3) is 0.0588. The molecule has 0 radical (unpaired) electrons. The maximum absolute atomic E-state index is 11.7. The molecule has 2 aromatic carbocycles. The number of carbonyl (C=O) groups excluding carboxylic acids is 1. The fourth-order valence-electron chi connectivity index (χ4n) is 2.08. The molecule has 0 bridgehead atoms. The SMILES string of the molecule is CNC(=O)c1cccc(Oc2ccccc2-c2cnco2)c1. The van der Waals surface area contributed by atoms with Gasteiger partial charge in [-0.1, -0.05) is 18.2 Å². The second kappa shape index (κ2) is 6.13. The highest BCUT2D eigenvalue weighted by Gasteiger charge is 2.11. The van der Waals surface area contributed by atoms with E-state index in [2.05, 4.69) is 10.3 Å². The number of nitrogens with zero attached hydrogens (tertiary/aromatic N) is 1. The van der Waals surface area contributed by atoms with E-state index >= 15 is 0 Å². The minimum atomic E-state index is -0.158. The Balaban J connectivity index is 1.93. The van der Waals surface area contributed by atoms with Crippen LogP contribution in [0, 0.1) is 0 Å². The zero-order valence-electron chi connectivity index (χ0n) is 11.9. The average molecular weight is 294 g/mol. The second-order valence-electron chi connectivity index (χ2n) is 4.57. The van der Waals surface area contributed by atoms with Crippen molar-refractivity contribution < 1.29 is 13.9 Å². The molecule has 3 rings (SSSR count). The van der Waals surface area contributed by atoms with E-state index in [0.717, 1.165) is 5.56 Å². The number of aromatic nitrogens is 1. The minimum Gasteiger partial charge on any atom is -0.457 e. The van der Waals surface area contributed by atoms with Gasteiger partial charge in [-0.05, 0) is 30.3 Å². The summed E-state index contributed by atoms with van der Waals surface area (Å²) >= 11 is 0. The molecule has 110 valence electrons. The number of ether oxygens (including phenoxy) is 1. The van der Waals surface area contributed by atoms with E-state index in [9.17, 15) is 4.79 Å². The Bertz CT molecular complexity index is 782. The quantitative estimate of drug-likeness (QED) is 0.800. The molecule has 0 atom stereocenters. The van der Waals surface area contributed by atoms with Crippen LogP contribution in [0.25, 0.3) is 11.3 Å². The van der Waals surface area contributed by atoms with Crippen LogP contribution in [0.15, 0.2) is 65.5 Å². The van der Waals surface area contributed by atoms with E-state index in [0.29, 0.717) is 22.8 Å². The molecular formula is C17H14N2O3. The van der Waals surface area contributed by atoms with Crippen LogP contribution in [0.5, 0.6) is 11.5 Å². The summed E-state index contributed by atoms with van der Waals surface area (Å²) in [6.45, 7) is 0. The summed E-state index contributed by atoms with van der Waals surface area (Å²) in [4.78, 5) is 15.6. The Morgan fingerprint density at radius 1 is 1.18 bits per heavy atom. The lowest BCUT2D eigenvalue weighted by Crippen LogP contribution is -2.17. The molecule has 1 heterocycles. The average Bonchev–Trinajstić information content (AvgIpc) is 3.09. The van der Waals surface area contributed by atoms with Crippen LogP contribution in [0.2, 0.25) is 0 Å². The fourth-order valence-corrected chi connectivity index (χ4v) is 2.08. The van der Waals surface area contributed by atoms with Gasteiger partial charge in [0.25, 0.3) is 5.91 Å². The normalized spacial score (nSPS) is 10.2. The third-order valence-corrected chi connectivity index (χ3v) is 3.14. The predicted molar refractivity (Wildman–Crippen MR) is 81.8 cm³/mol. The van der Waals surface area contributed by atoms with E-state index in [4.69, 9.17) is 9.15 Å². The van der Waals surface area contributed by atoms with E-state index in [1.807, 2.05) is 24.3 Å². The monoisotopic (exact) mass is 294 g/mol. The zero-order chi connectivity index (χ0) is 15.4. The van der Waals surface area contributed by atoms with Crippen LogP contribution < -0.4 is 10.1 Å². The summed E-state index contributed by atoms with van der Waals surface area (Å²) < 4.78 is 11.2. The summed E-state index contributed by atoms with van der Waals surface area (Å²) in [5.41, 5.74) is 1.34. The molecule has 0 aliphatic rings. The second-order valence-corrected chi connectivity index (χ2v) is 4.57. The summed E-state index contributed by atoms with van der Waals surface area (Å²) in [6.07, 6.45) is 3.00. The summed E-state index contributed by atoms with van der Waals surface area (Å²) in [5.74, 6) is 1.67. The standard InChI is InChI=1S/C17H14N2O3/c1-18-17(20)12-5-4-6-13(9-12)22-15-8-3-2-7-14(15)16-10-19-11-21-16/h2-11H,1H3,(H,18,20). The van der Waals surface area contributed by atoms with Gasteiger partial charge in [-0.25, -0.2) is 4.98 Å². The first-order valence-electron chi connectivity index (χ1n) is 6.76. The van der Waals surface area contributed by atoms with Crippen LogP contribution in [0.1, 0.15) is 10.4 Å². The molecule has 0 spiro atoms. The Morgan fingerprint density at radius 2 is 2.05 bits per heavy atom. The maximum atomic E-state index is 11.7. The Hall–Kier alpha value is -3.08. The van der Waals surface area contributed by atoms with Crippen LogP contribution >= 0.6 is 0 Å². The van der Waals surface area contributed by atoms with Crippen molar-refractivity contribution in [3.63, 3.8) is 0 Å². The van der Waals surface area contributed by atoms with Crippen molar-refractivity contribution in [2.75, 3.05) is 7.05 Å². The van der Waals surface area contributed by atoms with Crippen molar-refractivity contribution in [1.82, 2.24) is 10.3 Å². The van der Waals surface area contributed by atoms with E-state index in [1.54, 1.807) is 37.5 Å². The number of nitrogens with one attached hydrogen (secondary N) is 1. The lowest BCUT2D eigenvalue weighted by molar-refractivity contribution is 0.0963. The van der Waals surface area contributed by atoms with Gasteiger partial charge in [0.1, 0.15) is 11.5 Å².